The maximum atomic E-state index is 12.5. The first kappa shape index (κ1) is 23.8. The second kappa shape index (κ2) is 9.99. The molecule has 7 nitrogen and oxygen atoms in total. The zero-order valence-corrected chi connectivity index (χ0v) is 20.9. The maximum absolute atomic E-state index is 12.5. The molecule has 0 aliphatic carbocycles. The van der Waals surface area contributed by atoms with Crippen LogP contribution in [0.1, 0.15) is 23.6 Å². The summed E-state index contributed by atoms with van der Waals surface area (Å²) in [5.74, 6) is -0.229. The minimum atomic E-state index is -0.229. The summed E-state index contributed by atoms with van der Waals surface area (Å²) in [6.45, 7) is 8.69. The van der Waals surface area contributed by atoms with Crippen LogP contribution in [0, 0.1) is 0 Å². The van der Waals surface area contributed by atoms with Crippen LogP contribution in [0.25, 0.3) is 22.6 Å². The number of rotatable bonds is 5. The van der Waals surface area contributed by atoms with Crippen molar-refractivity contribution < 1.29 is 9.90 Å². The van der Waals surface area contributed by atoms with Gasteiger partial charge >= 0.3 is 0 Å². The van der Waals surface area contributed by atoms with Crippen molar-refractivity contribution >= 4 is 57.0 Å². The van der Waals surface area contributed by atoms with Gasteiger partial charge in [0.05, 0.1) is 29.8 Å². The topological polar surface area (TPSA) is 82.8 Å². The lowest BCUT2D eigenvalue weighted by Crippen LogP contribution is -2.53. The molecule has 1 amide bonds. The van der Waals surface area contributed by atoms with Crippen molar-refractivity contribution in [1.29, 1.82) is 0 Å². The second-order valence-electron chi connectivity index (χ2n) is 8.80. The number of nitrogens with zero attached hydrogens (tertiary/aromatic N) is 4. The number of aliphatic hydroxyl groups is 1. The van der Waals surface area contributed by atoms with Gasteiger partial charge in [-0.15, -0.1) is 0 Å². The van der Waals surface area contributed by atoms with Crippen LogP contribution in [0.4, 0.5) is 0 Å². The Balaban J connectivity index is 1.32. The van der Waals surface area contributed by atoms with Gasteiger partial charge in [0, 0.05) is 36.1 Å². The van der Waals surface area contributed by atoms with Gasteiger partial charge in [-0.2, -0.15) is 10.1 Å². The van der Waals surface area contributed by atoms with Gasteiger partial charge in [0.15, 0.2) is 5.17 Å². The van der Waals surface area contributed by atoms with Crippen LogP contribution in [0.15, 0.2) is 59.1 Å². The Morgan fingerprint density at radius 1 is 1.34 bits per heavy atom. The molecular formula is C26H26ClN5O2S. The molecule has 2 aromatic carbocycles. The van der Waals surface area contributed by atoms with E-state index in [1.54, 1.807) is 0 Å². The summed E-state index contributed by atoms with van der Waals surface area (Å²) in [5.41, 5.74) is 4.90. The number of amides is 1. The summed E-state index contributed by atoms with van der Waals surface area (Å²) in [6, 6.07) is 12.0. The molecule has 3 heterocycles. The Bertz CT molecular complexity index is 1380. The highest BCUT2D eigenvalue weighted by Gasteiger charge is 2.29. The van der Waals surface area contributed by atoms with Crippen molar-refractivity contribution in [2.75, 3.05) is 26.2 Å². The Morgan fingerprint density at radius 3 is 2.97 bits per heavy atom. The Kier molecular flexibility index (Phi) is 6.80. The van der Waals surface area contributed by atoms with Crippen LogP contribution >= 0.6 is 23.4 Å². The standard InChI is InChI=1S/C26H26ClN5O2S/c1-16(2)18-4-5-19(22(27)11-18)13-32-23-6-3-17(9-20(23)12-29-32)10-24-25(34)30-26(35-24)31-8-7-28-21(14-31)15-33/h3-6,9-12,21,28,33H,1,7-8,13-15H2,2H3/b24-10-/t21-/m1/s1. The van der Waals surface area contributed by atoms with Crippen LogP contribution < -0.4 is 5.32 Å². The number of aliphatic imine (C=N–C) groups is 1. The molecule has 35 heavy (non-hydrogen) atoms. The fourth-order valence-electron chi connectivity index (χ4n) is 4.23. The molecule has 2 aliphatic heterocycles. The summed E-state index contributed by atoms with van der Waals surface area (Å²) in [7, 11) is 0. The van der Waals surface area contributed by atoms with Crippen LogP contribution in [-0.2, 0) is 11.3 Å². The predicted molar refractivity (Wildman–Crippen MR) is 143 cm³/mol. The number of fused-ring (bicyclic) bond motifs is 1. The first-order chi connectivity index (χ1) is 16.9. The smallest absolute Gasteiger partial charge is 0.286 e. The van der Waals surface area contributed by atoms with E-state index in [1.807, 2.05) is 60.3 Å². The van der Waals surface area contributed by atoms with Crippen molar-refractivity contribution in [2.45, 2.75) is 19.5 Å². The largest absolute Gasteiger partial charge is 0.395 e. The van der Waals surface area contributed by atoms with Crippen molar-refractivity contribution in [3.8, 4) is 0 Å². The number of piperazine rings is 1. The number of benzene rings is 2. The number of halogens is 1. The monoisotopic (exact) mass is 507 g/mol. The van der Waals surface area contributed by atoms with Crippen LogP contribution in [0.5, 0.6) is 0 Å². The zero-order chi connectivity index (χ0) is 24.5. The quantitative estimate of drug-likeness (QED) is 0.508. The van der Waals surface area contributed by atoms with E-state index in [4.69, 9.17) is 11.6 Å². The third-order valence-corrected chi connectivity index (χ3v) is 7.58. The van der Waals surface area contributed by atoms with Crippen molar-refractivity contribution in [3.05, 3.63) is 75.8 Å². The van der Waals surface area contributed by atoms with Crippen molar-refractivity contribution in [3.63, 3.8) is 0 Å². The van der Waals surface area contributed by atoms with Gasteiger partial charge < -0.3 is 15.3 Å². The van der Waals surface area contributed by atoms with Crippen LogP contribution in [0.3, 0.4) is 0 Å². The van der Waals surface area contributed by atoms with Crippen molar-refractivity contribution in [2.24, 2.45) is 4.99 Å². The van der Waals surface area contributed by atoms with E-state index >= 15 is 0 Å². The van der Waals surface area contributed by atoms with E-state index in [0.29, 0.717) is 28.2 Å². The lowest BCUT2D eigenvalue weighted by atomic mass is 10.1. The summed E-state index contributed by atoms with van der Waals surface area (Å²) < 4.78 is 1.92. The lowest BCUT2D eigenvalue weighted by Gasteiger charge is -2.33. The number of carbonyl (C=O) groups excluding carboxylic acids is 1. The number of amidine groups is 1. The van der Waals surface area contributed by atoms with Gasteiger partial charge in [0.25, 0.3) is 5.91 Å². The molecule has 0 saturated carbocycles. The summed E-state index contributed by atoms with van der Waals surface area (Å²) >= 11 is 7.89. The summed E-state index contributed by atoms with van der Waals surface area (Å²) in [5, 5.41) is 19.6. The average molecular weight is 508 g/mol. The average Bonchev–Trinajstić information content (AvgIpc) is 3.43. The highest BCUT2D eigenvalue weighted by molar-refractivity contribution is 8.18. The van der Waals surface area contributed by atoms with Gasteiger partial charge in [-0.3, -0.25) is 9.48 Å². The zero-order valence-electron chi connectivity index (χ0n) is 19.4. The fraction of sp³-hybridized carbons (Fsp3) is 0.269. The highest BCUT2D eigenvalue weighted by atomic mass is 35.5. The van der Waals surface area contributed by atoms with Gasteiger partial charge in [-0.1, -0.05) is 42.0 Å². The van der Waals surface area contributed by atoms with E-state index in [1.165, 1.54) is 11.8 Å². The second-order valence-corrected chi connectivity index (χ2v) is 10.2. The minimum Gasteiger partial charge on any atom is -0.395 e. The molecule has 0 unspecified atom stereocenters. The van der Waals surface area contributed by atoms with E-state index in [9.17, 15) is 9.90 Å². The maximum Gasteiger partial charge on any atom is 0.286 e. The minimum absolute atomic E-state index is 0.00644. The van der Waals surface area contributed by atoms with E-state index in [2.05, 4.69) is 26.9 Å². The molecule has 3 aromatic rings. The molecule has 1 fully saturated rings. The molecule has 0 radical (unpaired) electrons. The van der Waals surface area contributed by atoms with Gasteiger partial charge in [-0.05, 0) is 59.7 Å². The SMILES string of the molecule is C=C(C)c1ccc(Cn2ncc3cc(/C=C4\SC(N5CCN[C@@H](CO)C5)=NC4=O)ccc32)c(Cl)c1. The first-order valence-electron chi connectivity index (χ1n) is 11.4. The molecule has 0 bridgehead atoms. The molecule has 2 aliphatic rings. The third kappa shape index (κ3) is 5.06. The van der Waals surface area contributed by atoms with E-state index in [0.717, 1.165) is 46.3 Å². The lowest BCUT2D eigenvalue weighted by molar-refractivity contribution is -0.113. The summed E-state index contributed by atoms with van der Waals surface area (Å²) in [6.07, 6.45) is 3.70. The number of thioether (sulfide) groups is 1. The van der Waals surface area contributed by atoms with Crippen LogP contribution in [0.2, 0.25) is 5.02 Å². The molecule has 1 atom stereocenters. The molecule has 5 rings (SSSR count). The molecule has 1 saturated heterocycles. The van der Waals surface area contributed by atoms with E-state index < -0.39 is 0 Å². The number of nitrogens with one attached hydrogen (secondary N) is 1. The summed E-state index contributed by atoms with van der Waals surface area (Å²) in [4.78, 5) is 19.5. The van der Waals surface area contributed by atoms with E-state index in [-0.39, 0.29) is 18.6 Å². The normalized spacial score (nSPS) is 19.6. The van der Waals surface area contributed by atoms with Crippen LogP contribution in [-0.4, -0.2) is 63.1 Å². The fourth-order valence-corrected chi connectivity index (χ4v) is 5.42. The predicted octanol–water partition coefficient (Wildman–Crippen LogP) is 4.01. The Labute approximate surface area is 213 Å². The molecule has 180 valence electrons. The molecule has 9 heteroatoms. The van der Waals surface area contributed by atoms with Gasteiger partial charge in [0.2, 0.25) is 0 Å². The molecule has 0 spiro atoms. The first-order valence-corrected chi connectivity index (χ1v) is 12.6. The number of hydrogen-bond donors (Lipinski definition) is 2. The number of carbonyl (C=O) groups is 1. The molecule has 1 aromatic heterocycles. The van der Waals surface area contributed by atoms with Crippen molar-refractivity contribution in [1.82, 2.24) is 20.0 Å². The molecule has 2 N–H and O–H groups in total. The highest BCUT2D eigenvalue weighted by Crippen LogP contribution is 2.31. The third-order valence-electron chi connectivity index (χ3n) is 6.19. The molecular weight excluding hydrogens is 482 g/mol. The number of aliphatic hydroxyl groups excluding tert-OH is 1. The van der Waals surface area contributed by atoms with Gasteiger partial charge in [-0.25, -0.2) is 0 Å². The van der Waals surface area contributed by atoms with Gasteiger partial charge in [0.1, 0.15) is 0 Å². The number of hydrogen-bond acceptors (Lipinski definition) is 6. The number of allylic oxidation sites excluding steroid dienone is 1. The Morgan fingerprint density at radius 2 is 2.20 bits per heavy atom. The Hall–Kier alpha value is -2.91. The number of aromatic nitrogens is 2.